The van der Waals surface area contributed by atoms with Crippen molar-refractivity contribution in [3.63, 3.8) is 0 Å². The first kappa shape index (κ1) is 23.1. The molecule has 25 heavy (non-hydrogen) atoms. The van der Waals surface area contributed by atoms with Crippen LogP contribution in [0.25, 0.3) is 0 Å². The summed E-state index contributed by atoms with van der Waals surface area (Å²) in [5, 5.41) is 28.5. The van der Waals surface area contributed by atoms with Gasteiger partial charge in [-0.1, -0.05) is 64.7 Å². The first-order chi connectivity index (χ1) is 11.9. The van der Waals surface area contributed by atoms with E-state index >= 15 is 0 Å². The summed E-state index contributed by atoms with van der Waals surface area (Å²) >= 11 is 0. The van der Waals surface area contributed by atoms with Crippen LogP contribution in [0, 0.1) is 0 Å². The summed E-state index contributed by atoms with van der Waals surface area (Å²) in [6.45, 7) is 1.78. The van der Waals surface area contributed by atoms with E-state index in [1.165, 1.54) is 38.5 Å². The Morgan fingerprint density at radius 1 is 0.880 bits per heavy atom. The summed E-state index contributed by atoms with van der Waals surface area (Å²) in [5.41, 5.74) is 0. The molecule has 1 aliphatic heterocycles. The van der Waals surface area contributed by atoms with Crippen LogP contribution in [0.3, 0.4) is 0 Å². The minimum atomic E-state index is -3.64. The molecule has 0 aliphatic carbocycles. The van der Waals surface area contributed by atoms with Gasteiger partial charge in [0.05, 0.1) is 12.7 Å². The van der Waals surface area contributed by atoms with Crippen molar-refractivity contribution in [1.29, 1.82) is 0 Å². The predicted octanol–water partition coefficient (Wildman–Crippen LogP) is 2.03. The molecule has 5 atom stereocenters. The van der Waals surface area contributed by atoms with E-state index < -0.39 is 38.4 Å². The molecular weight excluding hydrogens is 343 g/mol. The Bertz CT molecular complexity index is 392. The van der Waals surface area contributed by atoms with Crippen LogP contribution in [0.2, 0.25) is 0 Å². The second-order valence-electron chi connectivity index (χ2n) is 7.28. The molecule has 150 valence electrons. The van der Waals surface area contributed by atoms with E-state index in [1.54, 1.807) is 0 Å². The average molecular weight is 379 g/mol. The van der Waals surface area contributed by atoms with E-state index in [1.807, 2.05) is 0 Å². The molecule has 0 aromatic carbocycles. The first-order valence-electron chi connectivity index (χ1n) is 9.83. The molecule has 6 nitrogen and oxygen atoms in total. The SMILES string of the molecule is CCCCCCCCCCCCP(=O)([O-])C[C@@H]1O[C@H](CO)[C@@H](O)[C@@H]1O. The van der Waals surface area contributed by atoms with Gasteiger partial charge in [-0.15, -0.1) is 0 Å². The standard InChI is InChI=1S/C18H37O6P/c1-2-3-4-5-6-7-8-9-10-11-12-25(22,23)14-16-18(21)17(20)15(13-19)24-16/h15-21H,2-14H2,1H3,(H,22,23)/p-1/t15-,16+,17-,18-/m1/s1. The van der Waals surface area contributed by atoms with Gasteiger partial charge < -0.3 is 29.5 Å². The Labute approximate surface area is 152 Å². The average Bonchev–Trinajstić information content (AvgIpc) is 2.84. The monoisotopic (exact) mass is 379 g/mol. The van der Waals surface area contributed by atoms with E-state index in [-0.39, 0.29) is 12.3 Å². The largest absolute Gasteiger partial charge is 0.799 e. The molecule has 0 bridgehead atoms. The second kappa shape index (κ2) is 12.4. The summed E-state index contributed by atoms with van der Waals surface area (Å²) in [5.74, 6) is 0. The predicted molar refractivity (Wildman–Crippen MR) is 96.9 cm³/mol. The van der Waals surface area contributed by atoms with Crippen molar-refractivity contribution in [3.05, 3.63) is 0 Å². The maximum Gasteiger partial charge on any atom is 0.111 e. The molecule has 3 N–H and O–H groups in total. The molecule has 1 unspecified atom stereocenters. The number of aliphatic hydroxyl groups is 3. The number of aliphatic hydroxyl groups excluding tert-OH is 3. The summed E-state index contributed by atoms with van der Waals surface area (Å²) in [6, 6.07) is 0. The summed E-state index contributed by atoms with van der Waals surface area (Å²) in [6.07, 6.45) is 6.92. The lowest BCUT2D eigenvalue weighted by Gasteiger charge is -2.27. The van der Waals surface area contributed by atoms with Gasteiger partial charge in [0.15, 0.2) is 0 Å². The van der Waals surface area contributed by atoms with E-state index in [4.69, 9.17) is 9.84 Å². The number of hydrogen-bond acceptors (Lipinski definition) is 6. The van der Waals surface area contributed by atoms with Crippen LogP contribution < -0.4 is 4.89 Å². The minimum Gasteiger partial charge on any atom is -0.799 e. The topological polar surface area (TPSA) is 110 Å². The van der Waals surface area contributed by atoms with E-state index in [9.17, 15) is 19.7 Å². The molecular formula is C18H36O6P-. The van der Waals surface area contributed by atoms with Gasteiger partial charge >= 0.3 is 0 Å². The fourth-order valence-corrected chi connectivity index (χ4v) is 5.07. The highest BCUT2D eigenvalue weighted by Crippen LogP contribution is 2.40. The van der Waals surface area contributed by atoms with Gasteiger partial charge in [-0.25, -0.2) is 0 Å². The molecule has 1 fully saturated rings. The normalized spacial score (nSPS) is 29.0. The van der Waals surface area contributed by atoms with Gasteiger partial charge in [-0.3, -0.25) is 0 Å². The molecule has 0 amide bonds. The third kappa shape index (κ3) is 8.98. The molecule has 0 saturated carbocycles. The quantitative estimate of drug-likeness (QED) is 0.315. The Balaban J connectivity index is 2.10. The van der Waals surface area contributed by atoms with Crippen LogP contribution in [-0.4, -0.2) is 58.7 Å². The van der Waals surface area contributed by atoms with Gasteiger partial charge in [0.1, 0.15) is 18.3 Å². The molecule has 1 rings (SSSR count). The highest BCUT2D eigenvalue weighted by atomic mass is 31.2. The lowest BCUT2D eigenvalue weighted by molar-refractivity contribution is -0.177. The van der Waals surface area contributed by atoms with Gasteiger partial charge in [0, 0.05) is 13.5 Å². The molecule has 7 heteroatoms. The Hall–Kier alpha value is 0.0300. The lowest BCUT2D eigenvalue weighted by Crippen LogP contribution is -2.35. The highest BCUT2D eigenvalue weighted by molar-refractivity contribution is 7.56. The molecule has 1 saturated heterocycles. The van der Waals surface area contributed by atoms with Crippen LogP contribution in [0.4, 0.5) is 0 Å². The highest BCUT2D eigenvalue weighted by Gasteiger charge is 2.43. The van der Waals surface area contributed by atoms with Gasteiger partial charge in [-0.05, 0) is 12.6 Å². The third-order valence-electron chi connectivity index (χ3n) is 4.95. The number of ether oxygens (including phenoxy) is 1. The number of hydrogen-bond donors (Lipinski definition) is 3. The molecule has 0 aromatic rings. The van der Waals surface area contributed by atoms with Crippen molar-refractivity contribution in [1.82, 2.24) is 0 Å². The van der Waals surface area contributed by atoms with E-state index in [0.29, 0.717) is 6.42 Å². The Morgan fingerprint density at radius 2 is 1.36 bits per heavy atom. The second-order valence-corrected chi connectivity index (χ2v) is 9.72. The summed E-state index contributed by atoms with van der Waals surface area (Å²) in [4.78, 5) is 12.2. The molecule has 1 aliphatic rings. The maximum absolute atomic E-state index is 12.2. The van der Waals surface area contributed by atoms with E-state index in [2.05, 4.69) is 6.92 Å². The van der Waals surface area contributed by atoms with Gasteiger partial charge in [-0.2, -0.15) is 0 Å². The van der Waals surface area contributed by atoms with Crippen molar-refractivity contribution in [2.24, 2.45) is 0 Å². The molecule has 0 radical (unpaired) electrons. The molecule has 1 heterocycles. The maximum atomic E-state index is 12.2. The summed E-state index contributed by atoms with van der Waals surface area (Å²) in [7, 11) is -3.64. The van der Waals surface area contributed by atoms with Crippen molar-refractivity contribution in [2.45, 2.75) is 95.5 Å². The zero-order valence-electron chi connectivity index (χ0n) is 15.5. The van der Waals surface area contributed by atoms with Crippen LogP contribution in [0.5, 0.6) is 0 Å². The van der Waals surface area contributed by atoms with Gasteiger partial charge in [0.25, 0.3) is 0 Å². The lowest BCUT2D eigenvalue weighted by atomic mass is 10.1. The van der Waals surface area contributed by atoms with Crippen LogP contribution >= 0.6 is 7.37 Å². The Kier molecular flexibility index (Phi) is 11.5. The smallest absolute Gasteiger partial charge is 0.111 e. The molecule has 0 spiro atoms. The van der Waals surface area contributed by atoms with Crippen molar-refractivity contribution < 1.29 is 29.5 Å². The minimum absolute atomic E-state index is 0.107. The fourth-order valence-electron chi connectivity index (χ4n) is 3.33. The van der Waals surface area contributed by atoms with Crippen LogP contribution in [0.15, 0.2) is 0 Å². The van der Waals surface area contributed by atoms with Crippen LogP contribution in [0.1, 0.15) is 71.1 Å². The Morgan fingerprint density at radius 3 is 1.84 bits per heavy atom. The number of unbranched alkanes of at least 4 members (excludes halogenated alkanes) is 9. The van der Waals surface area contributed by atoms with Crippen molar-refractivity contribution >= 4 is 7.37 Å². The fraction of sp³-hybridized carbons (Fsp3) is 1.00. The van der Waals surface area contributed by atoms with Crippen molar-refractivity contribution in [3.8, 4) is 0 Å². The summed E-state index contributed by atoms with van der Waals surface area (Å²) < 4.78 is 17.4. The van der Waals surface area contributed by atoms with Gasteiger partial charge in [0.2, 0.25) is 0 Å². The zero-order valence-corrected chi connectivity index (χ0v) is 16.4. The zero-order chi connectivity index (χ0) is 18.7. The first-order valence-corrected chi connectivity index (χ1v) is 11.8. The third-order valence-corrected chi connectivity index (χ3v) is 6.87. The van der Waals surface area contributed by atoms with E-state index in [0.717, 1.165) is 19.3 Å². The van der Waals surface area contributed by atoms with Crippen molar-refractivity contribution in [2.75, 3.05) is 18.9 Å². The van der Waals surface area contributed by atoms with Crippen LogP contribution in [-0.2, 0) is 9.30 Å². The number of rotatable bonds is 14. The molecule has 0 aromatic heterocycles.